The molecule has 1 aliphatic heterocycles. The van der Waals surface area contributed by atoms with Gasteiger partial charge in [-0.2, -0.15) is 0 Å². The van der Waals surface area contributed by atoms with Gasteiger partial charge in [-0.05, 0) is 24.0 Å². The van der Waals surface area contributed by atoms with Gasteiger partial charge < -0.3 is 20.7 Å². The van der Waals surface area contributed by atoms with Crippen LogP contribution in [0.4, 0.5) is 13.6 Å². The smallest absolute Gasteiger partial charge is 0.315 e. The lowest BCUT2D eigenvalue weighted by atomic mass is 9.94. The second-order valence-corrected chi connectivity index (χ2v) is 5.57. The summed E-state index contributed by atoms with van der Waals surface area (Å²) in [5.74, 6) is -0.0782. The largest absolute Gasteiger partial charge is 0.472 e. The number of nitrogens with zero attached hydrogens (tertiary/aromatic N) is 1. The first-order valence-electron chi connectivity index (χ1n) is 7.63. The first-order valence-corrected chi connectivity index (χ1v) is 7.63. The third kappa shape index (κ3) is 5.32. The van der Waals surface area contributed by atoms with Gasteiger partial charge in [0.15, 0.2) is 6.61 Å². The third-order valence-electron chi connectivity index (χ3n) is 3.65. The fourth-order valence-electron chi connectivity index (χ4n) is 2.33. The van der Waals surface area contributed by atoms with E-state index in [0.717, 1.165) is 6.42 Å². The highest BCUT2D eigenvalue weighted by atomic mass is 19.3. The van der Waals surface area contributed by atoms with Crippen molar-refractivity contribution in [2.24, 2.45) is 5.92 Å². The number of rotatable bonds is 6. The number of halogens is 2. The molecule has 24 heavy (non-hydrogen) atoms. The second-order valence-electron chi connectivity index (χ2n) is 5.57. The Morgan fingerprint density at radius 1 is 1.54 bits per heavy atom. The van der Waals surface area contributed by atoms with Crippen LogP contribution in [0.2, 0.25) is 0 Å². The van der Waals surface area contributed by atoms with E-state index in [2.05, 4.69) is 20.9 Å². The van der Waals surface area contributed by atoms with Gasteiger partial charge in [-0.1, -0.05) is 6.92 Å². The highest BCUT2D eigenvalue weighted by Crippen LogP contribution is 2.13. The first-order chi connectivity index (χ1) is 11.5. The van der Waals surface area contributed by atoms with Crippen LogP contribution >= 0.6 is 0 Å². The Hall–Kier alpha value is -2.45. The number of pyridine rings is 1. The maximum atomic E-state index is 12.1. The summed E-state index contributed by atoms with van der Waals surface area (Å²) in [6, 6.07) is 2.06. The van der Waals surface area contributed by atoms with Crippen LogP contribution in [0.3, 0.4) is 0 Å². The fourth-order valence-corrected chi connectivity index (χ4v) is 2.33. The number of ether oxygens (including phenoxy) is 1. The molecule has 1 aromatic rings. The maximum Gasteiger partial charge on any atom is 0.315 e. The Bertz CT molecular complexity index is 586. The van der Waals surface area contributed by atoms with E-state index in [-0.39, 0.29) is 24.2 Å². The van der Waals surface area contributed by atoms with Crippen LogP contribution in [-0.2, 0) is 11.3 Å². The van der Waals surface area contributed by atoms with Gasteiger partial charge in [0.2, 0.25) is 11.8 Å². The predicted molar refractivity (Wildman–Crippen MR) is 81.7 cm³/mol. The van der Waals surface area contributed by atoms with E-state index >= 15 is 0 Å². The van der Waals surface area contributed by atoms with Crippen LogP contribution in [0.5, 0.6) is 5.88 Å². The van der Waals surface area contributed by atoms with Crippen molar-refractivity contribution in [1.82, 2.24) is 20.9 Å². The molecule has 1 fully saturated rings. The Kier molecular flexibility index (Phi) is 6.28. The van der Waals surface area contributed by atoms with Crippen LogP contribution in [0.15, 0.2) is 18.3 Å². The minimum absolute atomic E-state index is 0.0553. The Balaban J connectivity index is 1.83. The number of piperidine rings is 1. The number of nitrogens with one attached hydrogen (secondary N) is 3. The summed E-state index contributed by atoms with van der Waals surface area (Å²) in [7, 11) is 0. The van der Waals surface area contributed by atoms with E-state index in [4.69, 9.17) is 4.74 Å². The minimum atomic E-state index is -2.58. The number of hydrogen-bond donors (Lipinski definition) is 3. The fraction of sp³-hybridized carbons (Fsp3) is 0.533. The van der Waals surface area contributed by atoms with Crippen molar-refractivity contribution in [3.05, 3.63) is 23.9 Å². The molecule has 0 aromatic carbocycles. The average Bonchev–Trinajstić information content (AvgIpc) is 2.55. The average molecular weight is 342 g/mol. The van der Waals surface area contributed by atoms with Crippen molar-refractivity contribution in [2.45, 2.75) is 32.4 Å². The summed E-state index contributed by atoms with van der Waals surface area (Å²) in [4.78, 5) is 27.5. The zero-order valence-corrected chi connectivity index (χ0v) is 13.2. The molecule has 0 unspecified atom stereocenters. The summed E-state index contributed by atoms with van der Waals surface area (Å²) in [6.45, 7) is 1.93. The molecular formula is C15H20F2N4O3. The van der Waals surface area contributed by atoms with Gasteiger partial charge in [0.25, 0.3) is 6.43 Å². The quantitative estimate of drug-likeness (QED) is 0.720. The van der Waals surface area contributed by atoms with E-state index in [9.17, 15) is 18.4 Å². The molecule has 2 rings (SSSR count). The Morgan fingerprint density at radius 3 is 3.04 bits per heavy atom. The van der Waals surface area contributed by atoms with Gasteiger partial charge in [-0.3, -0.25) is 4.79 Å². The zero-order valence-electron chi connectivity index (χ0n) is 13.2. The molecule has 7 nitrogen and oxygen atoms in total. The van der Waals surface area contributed by atoms with Gasteiger partial charge in [0.1, 0.15) is 6.04 Å². The lowest BCUT2D eigenvalue weighted by Crippen LogP contribution is -2.56. The molecule has 0 bridgehead atoms. The second kappa shape index (κ2) is 8.42. The highest BCUT2D eigenvalue weighted by molar-refractivity contribution is 5.87. The standard InChI is InChI=1S/C15H20F2N4O3/c1-9-2-4-19-14(22)13(9)21-15(23)20-7-10-3-5-18-12(6-10)24-8-11(16)17/h3,5-6,9,11,13H,2,4,7-8H2,1H3,(H,19,22)(H2,20,21,23)/t9-,13-/m0/s1. The molecule has 0 saturated carbocycles. The minimum Gasteiger partial charge on any atom is -0.472 e. The number of aromatic nitrogens is 1. The van der Waals surface area contributed by atoms with Gasteiger partial charge in [0, 0.05) is 25.4 Å². The monoisotopic (exact) mass is 342 g/mol. The number of carbonyl (C=O) groups is 2. The predicted octanol–water partition coefficient (Wildman–Crippen LogP) is 1.05. The molecular weight excluding hydrogens is 322 g/mol. The van der Waals surface area contributed by atoms with Gasteiger partial charge in [-0.25, -0.2) is 18.6 Å². The molecule has 0 radical (unpaired) electrons. The van der Waals surface area contributed by atoms with Crippen molar-refractivity contribution >= 4 is 11.9 Å². The van der Waals surface area contributed by atoms with Gasteiger partial charge in [-0.15, -0.1) is 0 Å². The van der Waals surface area contributed by atoms with Crippen molar-refractivity contribution in [2.75, 3.05) is 13.2 Å². The van der Waals surface area contributed by atoms with Crippen LogP contribution in [0, 0.1) is 5.92 Å². The molecule has 2 heterocycles. The molecule has 3 N–H and O–H groups in total. The maximum absolute atomic E-state index is 12.1. The molecule has 9 heteroatoms. The summed E-state index contributed by atoms with van der Waals surface area (Å²) in [6.07, 6.45) is -0.374. The third-order valence-corrected chi connectivity index (χ3v) is 3.65. The molecule has 0 aliphatic carbocycles. The number of carbonyl (C=O) groups excluding carboxylic acids is 2. The number of alkyl halides is 2. The summed E-state index contributed by atoms with van der Waals surface area (Å²) in [5.41, 5.74) is 0.644. The highest BCUT2D eigenvalue weighted by Gasteiger charge is 2.29. The van der Waals surface area contributed by atoms with E-state index in [0.29, 0.717) is 12.1 Å². The topological polar surface area (TPSA) is 92.4 Å². The summed E-state index contributed by atoms with van der Waals surface area (Å²) < 4.78 is 29.0. The van der Waals surface area contributed by atoms with Crippen molar-refractivity contribution in [1.29, 1.82) is 0 Å². The molecule has 2 atom stereocenters. The number of hydrogen-bond acceptors (Lipinski definition) is 4. The summed E-state index contributed by atoms with van der Waals surface area (Å²) in [5, 5.41) is 7.96. The number of amides is 3. The van der Waals surface area contributed by atoms with E-state index in [1.54, 1.807) is 6.07 Å². The van der Waals surface area contributed by atoms with Crippen molar-refractivity contribution in [3.8, 4) is 5.88 Å². The Morgan fingerprint density at radius 2 is 2.33 bits per heavy atom. The Labute approximate surface area is 138 Å². The van der Waals surface area contributed by atoms with Crippen molar-refractivity contribution in [3.63, 3.8) is 0 Å². The van der Waals surface area contributed by atoms with Crippen LogP contribution < -0.4 is 20.7 Å². The molecule has 1 saturated heterocycles. The van der Waals surface area contributed by atoms with Crippen LogP contribution in [0.1, 0.15) is 18.9 Å². The molecule has 1 aliphatic rings. The molecule has 132 valence electrons. The van der Waals surface area contributed by atoms with Gasteiger partial charge >= 0.3 is 6.03 Å². The van der Waals surface area contributed by atoms with Crippen molar-refractivity contribution < 1.29 is 23.1 Å². The lowest BCUT2D eigenvalue weighted by Gasteiger charge is -2.28. The zero-order chi connectivity index (χ0) is 17.5. The molecule has 1 aromatic heterocycles. The molecule has 0 spiro atoms. The van der Waals surface area contributed by atoms with E-state index < -0.39 is 25.1 Å². The van der Waals surface area contributed by atoms with Gasteiger partial charge in [0.05, 0.1) is 0 Å². The van der Waals surface area contributed by atoms with E-state index in [1.165, 1.54) is 12.3 Å². The first kappa shape index (κ1) is 17.9. The SMILES string of the molecule is C[C@H]1CCNC(=O)[C@H]1NC(=O)NCc1ccnc(OCC(F)F)c1. The lowest BCUT2D eigenvalue weighted by molar-refractivity contribution is -0.125. The van der Waals surface area contributed by atoms with Crippen LogP contribution in [-0.4, -0.2) is 42.5 Å². The number of urea groups is 1. The van der Waals surface area contributed by atoms with Crippen LogP contribution in [0.25, 0.3) is 0 Å². The van der Waals surface area contributed by atoms with E-state index in [1.807, 2.05) is 6.92 Å². The summed E-state index contributed by atoms with van der Waals surface area (Å²) >= 11 is 0. The normalized spacial score (nSPS) is 20.4. The molecule has 3 amide bonds.